The molecule has 0 saturated carbocycles. The van der Waals surface area contributed by atoms with Crippen LogP contribution < -0.4 is 5.32 Å². The monoisotopic (exact) mass is 497 g/mol. The number of carbonyl (C=O) groups excluding carboxylic acids is 2. The average Bonchev–Trinajstić information content (AvgIpc) is 3.30. The Bertz CT molecular complexity index is 864. The van der Waals surface area contributed by atoms with Crippen LogP contribution in [0.2, 0.25) is 0 Å². The molecule has 0 fully saturated rings. The summed E-state index contributed by atoms with van der Waals surface area (Å²) in [5.41, 5.74) is 1.04. The van der Waals surface area contributed by atoms with Crippen molar-refractivity contribution in [3.05, 3.63) is 42.1 Å². The van der Waals surface area contributed by atoms with Gasteiger partial charge in [0.1, 0.15) is 5.56 Å². The summed E-state index contributed by atoms with van der Waals surface area (Å²) in [5.74, 6) is -0.222. The second-order valence-electron chi connectivity index (χ2n) is 9.62. The van der Waals surface area contributed by atoms with Crippen LogP contribution in [-0.2, 0) is 9.53 Å². The van der Waals surface area contributed by atoms with E-state index in [0.717, 1.165) is 18.5 Å². The molecule has 0 unspecified atom stereocenters. The first kappa shape index (κ1) is 29.6. The van der Waals surface area contributed by atoms with Crippen LogP contribution in [-0.4, -0.2) is 28.3 Å². The Balaban J connectivity index is 1.62. The second-order valence-corrected chi connectivity index (χ2v) is 9.62. The van der Waals surface area contributed by atoms with Crippen molar-refractivity contribution in [2.75, 3.05) is 11.9 Å². The number of esters is 1. The predicted molar refractivity (Wildman–Crippen MR) is 148 cm³/mol. The van der Waals surface area contributed by atoms with E-state index in [4.69, 9.17) is 4.74 Å². The van der Waals surface area contributed by atoms with Gasteiger partial charge in [-0.25, -0.2) is 9.48 Å². The first-order valence-electron chi connectivity index (χ1n) is 14.3. The van der Waals surface area contributed by atoms with Crippen LogP contribution in [0, 0.1) is 0 Å². The van der Waals surface area contributed by atoms with Gasteiger partial charge in [-0.3, -0.25) is 4.79 Å². The highest BCUT2D eigenvalue weighted by Gasteiger charge is 2.21. The van der Waals surface area contributed by atoms with E-state index in [1.807, 2.05) is 30.3 Å². The number of benzene rings is 1. The zero-order valence-corrected chi connectivity index (χ0v) is 22.6. The van der Waals surface area contributed by atoms with Crippen LogP contribution in [0.3, 0.4) is 0 Å². The van der Waals surface area contributed by atoms with Crippen molar-refractivity contribution in [2.45, 2.75) is 117 Å². The largest absolute Gasteiger partial charge is 0.462 e. The minimum atomic E-state index is -0.484. The number of hydrogen-bond donors (Lipinski definition) is 1. The highest BCUT2D eigenvalue weighted by molar-refractivity contribution is 6.00. The molecule has 6 heteroatoms. The molecule has 1 amide bonds. The molecule has 2 aromatic rings. The molecule has 0 saturated heterocycles. The molecule has 0 aliphatic rings. The summed E-state index contributed by atoms with van der Waals surface area (Å²) in [6.07, 6.45) is 21.3. The number of nitrogens with zero attached hydrogens (tertiary/aromatic N) is 2. The van der Waals surface area contributed by atoms with Crippen LogP contribution in [0.25, 0.3) is 5.69 Å². The zero-order valence-electron chi connectivity index (χ0n) is 22.6. The number of ether oxygens (including phenoxy) is 1. The van der Waals surface area contributed by atoms with E-state index in [1.54, 1.807) is 11.6 Å². The lowest BCUT2D eigenvalue weighted by Crippen LogP contribution is -2.17. The first-order chi connectivity index (χ1) is 17.7. The van der Waals surface area contributed by atoms with Crippen molar-refractivity contribution >= 4 is 17.7 Å². The first-order valence-corrected chi connectivity index (χ1v) is 14.3. The average molecular weight is 498 g/mol. The fraction of sp³-hybridized carbons (Fsp3) is 0.633. The number of para-hydroxylation sites is 1. The van der Waals surface area contributed by atoms with Gasteiger partial charge >= 0.3 is 5.97 Å². The van der Waals surface area contributed by atoms with Gasteiger partial charge < -0.3 is 10.1 Å². The Kier molecular flexibility index (Phi) is 15.3. The lowest BCUT2D eigenvalue weighted by molar-refractivity contribution is -0.116. The van der Waals surface area contributed by atoms with Crippen LogP contribution in [0.1, 0.15) is 127 Å². The van der Waals surface area contributed by atoms with Crippen molar-refractivity contribution in [2.24, 2.45) is 0 Å². The second kappa shape index (κ2) is 18.6. The lowest BCUT2D eigenvalue weighted by Gasteiger charge is -2.11. The van der Waals surface area contributed by atoms with Crippen molar-refractivity contribution in [1.29, 1.82) is 0 Å². The molecular weight excluding hydrogens is 450 g/mol. The van der Waals surface area contributed by atoms with Crippen molar-refractivity contribution < 1.29 is 14.3 Å². The highest BCUT2D eigenvalue weighted by atomic mass is 16.5. The number of nitrogens with one attached hydrogen (secondary N) is 1. The van der Waals surface area contributed by atoms with Gasteiger partial charge in [-0.05, 0) is 25.5 Å². The van der Waals surface area contributed by atoms with Gasteiger partial charge in [0.15, 0.2) is 5.82 Å². The number of hydrogen-bond acceptors (Lipinski definition) is 4. The third-order valence-electron chi connectivity index (χ3n) is 6.53. The summed E-state index contributed by atoms with van der Waals surface area (Å²) in [6.45, 7) is 4.29. The molecular formula is C30H47N3O3. The fourth-order valence-electron chi connectivity index (χ4n) is 4.44. The third kappa shape index (κ3) is 11.4. The van der Waals surface area contributed by atoms with Crippen LogP contribution in [0.5, 0.6) is 0 Å². The molecule has 6 nitrogen and oxygen atoms in total. The Morgan fingerprint density at radius 1 is 0.778 bits per heavy atom. The molecule has 36 heavy (non-hydrogen) atoms. The number of unbranched alkanes of at least 4 members (excludes halogenated alkanes) is 14. The molecule has 1 aromatic heterocycles. The van der Waals surface area contributed by atoms with Gasteiger partial charge in [0, 0.05) is 6.42 Å². The van der Waals surface area contributed by atoms with E-state index in [0.29, 0.717) is 12.2 Å². The van der Waals surface area contributed by atoms with E-state index in [2.05, 4.69) is 17.3 Å². The number of rotatable bonds is 20. The number of anilines is 1. The molecule has 1 aromatic carbocycles. The predicted octanol–water partition coefficient (Wildman–Crippen LogP) is 8.25. The SMILES string of the molecule is CCCCCCCCCCCCCCCCCC(=O)Nc1c(C(=O)OCC)cnn1-c1ccccc1. The topological polar surface area (TPSA) is 73.2 Å². The summed E-state index contributed by atoms with van der Waals surface area (Å²) in [6, 6.07) is 9.46. The molecule has 2 rings (SSSR count). The van der Waals surface area contributed by atoms with E-state index < -0.39 is 5.97 Å². The van der Waals surface area contributed by atoms with Crippen molar-refractivity contribution in [3.8, 4) is 5.69 Å². The highest BCUT2D eigenvalue weighted by Crippen LogP contribution is 2.22. The fourth-order valence-corrected chi connectivity index (χ4v) is 4.44. The molecule has 1 N–H and O–H groups in total. The van der Waals surface area contributed by atoms with E-state index in [9.17, 15) is 9.59 Å². The van der Waals surface area contributed by atoms with Gasteiger partial charge in [0.2, 0.25) is 5.91 Å². The summed E-state index contributed by atoms with van der Waals surface area (Å²) < 4.78 is 6.73. The standard InChI is InChI=1S/C30H47N3O3/c1-3-5-6-7-8-9-10-11-12-13-14-15-16-17-21-24-28(34)32-29-27(30(35)36-4-2)25-31-33(29)26-22-19-18-20-23-26/h18-20,22-23,25H,3-17,21,24H2,1-2H3,(H,32,34). The smallest absolute Gasteiger partial charge is 0.343 e. The zero-order chi connectivity index (χ0) is 25.8. The van der Waals surface area contributed by atoms with E-state index in [1.165, 1.54) is 89.7 Å². The van der Waals surface area contributed by atoms with Crippen LogP contribution in [0.15, 0.2) is 36.5 Å². The van der Waals surface area contributed by atoms with Crippen molar-refractivity contribution in [1.82, 2.24) is 9.78 Å². The number of amides is 1. The minimum absolute atomic E-state index is 0.104. The number of carbonyl (C=O) groups is 2. The summed E-state index contributed by atoms with van der Waals surface area (Å²) in [5, 5.41) is 7.23. The van der Waals surface area contributed by atoms with E-state index in [-0.39, 0.29) is 18.1 Å². The quantitative estimate of drug-likeness (QED) is 0.148. The van der Waals surface area contributed by atoms with Gasteiger partial charge in [0.05, 0.1) is 18.5 Å². The van der Waals surface area contributed by atoms with Gasteiger partial charge in [-0.2, -0.15) is 5.10 Å². The summed E-state index contributed by atoms with van der Waals surface area (Å²) in [7, 11) is 0. The van der Waals surface area contributed by atoms with Crippen molar-refractivity contribution in [3.63, 3.8) is 0 Å². The van der Waals surface area contributed by atoms with Gasteiger partial charge in [-0.1, -0.05) is 115 Å². The van der Waals surface area contributed by atoms with Crippen LogP contribution in [0.4, 0.5) is 5.82 Å². The molecule has 200 valence electrons. The molecule has 0 radical (unpaired) electrons. The summed E-state index contributed by atoms with van der Waals surface area (Å²) in [4.78, 5) is 25.0. The molecule has 1 heterocycles. The minimum Gasteiger partial charge on any atom is -0.462 e. The maximum Gasteiger partial charge on any atom is 0.343 e. The maximum atomic E-state index is 12.7. The third-order valence-corrected chi connectivity index (χ3v) is 6.53. The van der Waals surface area contributed by atoms with Gasteiger partial charge in [-0.15, -0.1) is 0 Å². The molecule has 0 aliphatic heterocycles. The Morgan fingerprint density at radius 2 is 1.31 bits per heavy atom. The van der Waals surface area contributed by atoms with Gasteiger partial charge in [0.25, 0.3) is 0 Å². The van der Waals surface area contributed by atoms with E-state index >= 15 is 0 Å². The Morgan fingerprint density at radius 3 is 1.83 bits per heavy atom. The summed E-state index contributed by atoms with van der Waals surface area (Å²) >= 11 is 0. The molecule has 0 atom stereocenters. The lowest BCUT2D eigenvalue weighted by atomic mass is 10.0. The van der Waals surface area contributed by atoms with Crippen LogP contribution >= 0.6 is 0 Å². The Hall–Kier alpha value is -2.63. The molecule has 0 bridgehead atoms. The number of aromatic nitrogens is 2. The normalized spacial score (nSPS) is 10.9. The Labute approximate surface area is 218 Å². The molecule has 0 spiro atoms. The maximum absolute atomic E-state index is 12.7. The molecule has 0 aliphatic carbocycles.